The van der Waals surface area contributed by atoms with Gasteiger partial charge in [-0.15, -0.1) is 0 Å². The summed E-state index contributed by atoms with van der Waals surface area (Å²) in [6.45, 7) is 9.43. The van der Waals surface area contributed by atoms with Gasteiger partial charge in [0.05, 0.1) is 24.5 Å². The van der Waals surface area contributed by atoms with Crippen LogP contribution in [0.25, 0.3) is 32.9 Å². The van der Waals surface area contributed by atoms with Crippen LogP contribution >= 0.6 is 0 Å². The van der Waals surface area contributed by atoms with Gasteiger partial charge in [0.15, 0.2) is 0 Å². The van der Waals surface area contributed by atoms with Crippen LogP contribution in [0.1, 0.15) is 86.2 Å². The molecule has 1 N–H and O–H groups in total. The Bertz CT molecular complexity index is 2360. The number of aryl methyl sites for hydroxylation is 2. The fraction of sp³-hybridized carbons (Fsp3) is 0.314. The maximum Gasteiger partial charge on any atom is 0.338 e. The maximum atomic E-state index is 13.5. The third-order valence-electron chi connectivity index (χ3n) is 11.4. The highest BCUT2D eigenvalue weighted by molar-refractivity contribution is 6.09. The quantitative estimate of drug-likeness (QED) is 0.0307. The van der Waals surface area contributed by atoms with Crippen LogP contribution in [0.3, 0.4) is 0 Å². The number of rotatable bonds is 18. The molecular weight excluding hydrogens is 735 g/mol. The van der Waals surface area contributed by atoms with Crippen LogP contribution in [-0.2, 0) is 27.2 Å². The lowest BCUT2D eigenvalue weighted by Crippen LogP contribution is -2.31. The average Bonchev–Trinajstić information content (AvgIpc) is 3.59. The normalized spacial score (nSPS) is 16.6. The van der Waals surface area contributed by atoms with E-state index in [4.69, 9.17) is 19.3 Å². The molecule has 1 fully saturated rings. The van der Waals surface area contributed by atoms with E-state index in [1.807, 2.05) is 54.7 Å². The summed E-state index contributed by atoms with van der Waals surface area (Å²) in [4.78, 5) is 24.7. The van der Waals surface area contributed by atoms with Gasteiger partial charge < -0.3 is 18.8 Å². The van der Waals surface area contributed by atoms with E-state index in [1.165, 1.54) is 52.2 Å². The molecule has 1 aliphatic carbocycles. The van der Waals surface area contributed by atoms with Crippen molar-refractivity contribution in [3.63, 3.8) is 0 Å². The molecule has 5 aromatic carbocycles. The Balaban J connectivity index is 1.00. The number of esters is 2. The predicted molar refractivity (Wildman–Crippen MR) is 239 cm³/mol. The Hall–Kier alpha value is -6.15. The molecule has 0 bridgehead atoms. The van der Waals surface area contributed by atoms with Crippen LogP contribution in [0.2, 0.25) is 0 Å². The number of anilines is 1. The minimum atomic E-state index is -0.434. The number of nitrogens with zero attached hydrogens (tertiary/aromatic N) is 2. The molecule has 59 heavy (non-hydrogen) atoms. The second kappa shape index (κ2) is 20.0. The molecule has 0 spiro atoms. The molecule has 0 radical (unpaired) electrons. The minimum absolute atomic E-state index is 0.0786. The van der Waals surface area contributed by atoms with Crippen LogP contribution in [0.15, 0.2) is 133 Å². The fourth-order valence-electron chi connectivity index (χ4n) is 8.28. The van der Waals surface area contributed by atoms with Gasteiger partial charge in [-0.05, 0) is 116 Å². The number of hydrogen-bond acceptors (Lipinski definition) is 7. The van der Waals surface area contributed by atoms with Crippen molar-refractivity contribution in [2.45, 2.75) is 83.8 Å². The molecule has 1 aliphatic rings. The van der Waals surface area contributed by atoms with Gasteiger partial charge in [0.25, 0.3) is 0 Å². The van der Waals surface area contributed by atoms with Gasteiger partial charge in [-0.1, -0.05) is 93.1 Å². The van der Waals surface area contributed by atoms with E-state index in [-0.39, 0.29) is 30.5 Å². The summed E-state index contributed by atoms with van der Waals surface area (Å²) in [7, 11) is 0. The molecular formula is C51H55N3O5. The largest absolute Gasteiger partial charge is 0.493 e. The number of aromatic nitrogens is 1. The molecule has 1 heterocycles. The first-order chi connectivity index (χ1) is 28.9. The molecule has 6 aromatic rings. The monoisotopic (exact) mass is 789 g/mol. The zero-order chi connectivity index (χ0) is 41.0. The number of carbonyl (C=O) groups is 2. The maximum absolute atomic E-state index is 13.5. The number of fused-ring (bicyclic) bond motifs is 3. The van der Waals surface area contributed by atoms with Crippen molar-refractivity contribution in [1.29, 1.82) is 0 Å². The molecule has 1 saturated carbocycles. The highest BCUT2D eigenvalue weighted by atomic mass is 16.5. The number of benzene rings is 5. The van der Waals surface area contributed by atoms with Gasteiger partial charge in [-0.2, -0.15) is 5.10 Å². The molecule has 8 heteroatoms. The first kappa shape index (κ1) is 41.0. The smallest absolute Gasteiger partial charge is 0.338 e. The summed E-state index contributed by atoms with van der Waals surface area (Å²) < 4.78 is 19.3. The fourth-order valence-corrected chi connectivity index (χ4v) is 8.28. The van der Waals surface area contributed by atoms with Gasteiger partial charge in [0, 0.05) is 53.0 Å². The lowest BCUT2D eigenvalue weighted by atomic mass is 9.74. The van der Waals surface area contributed by atoms with Crippen LogP contribution in [0.5, 0.6) is 5.75 Å². The predicted octanol–water partition coefficient (Wildman–Crippen LogP) is 11.9. The number of hydrazone groups is 1. The highest BCUT2D eigenvalue weighted by Gasteiger charge is 2.33. The van der Waals surface area contributed by atoms with Crippen molar-refractivity contribution < 1.29 is 23.8 Å². The van der Waals surface area contributed by atoms with Crippen LogP contribution in [0.4, 0.5) is 5.69 Å². The van der Waals surface area contributed by atoms with Gasteiger partial charge in [-0.3, -0.25) is 5.43 Å². The number of carbonyl (C=O) groups excluding carboxylic acids is 2. The number of unbranched alkanes of at least 4 members (excludes halogenated alkanes) is 2. The standard InChI is InChI=1S/C51H55N3O5/c1-4-7-8-12-36-15-17-39(18-16-36)45-29-28-44(33-41(45)35-52-53-42-25-30-49-47(34-42)46-13-9-10-14-48(46)54(49)6-3)59-51(56)40-21-19-37(20-22-40)38-23-26-43(27-24-38)57-31-11-32-58-50(55)5-2/h5,9-10,13-27,30,34-35,41,44-45,53H,2,4,6-8,11-12,28-29,31-33H2,1,3H3/b52-35+. The summed E-state index contributed by atoms with van der Waals surface area (Å²) >= 11 is 0. The van der Waals surface area contributed by atoms with E-state index >= 15 is 0 Å². The van der Waals surface area contributed by atoms with Gasteiger partial charge in [0.2, 0.25) is 0 Å². The van der Waals surface area contributed by atoms with Crippen molar-refractivity contribution in [1.82, 2.24) is 4.57 Å². The van der Waals surface area contributed by atoms with Crippen LogP contribution in [0, 0.1) is 5.92 Å². The Morgan fingerprint density at radius 3 is 2.31 bits per heavy atom. The molecule has 3 unspecified atom stereocenters. The number of nitrogens with one attached hydrogen (secondary N) is 1. The molecule has 1 aromatic heterocycles. The molecule has 7 rings (SSSR count). The van der Waals surface area contributed by atoms with Crippen molar-refractivity contribution in [3.8, 4) is 16.9 Å². The van der Waals surface area contributed by atoms with Crippen molar-refractivity contribution >= 4 is 45.6 Å². The van der Waals surface area contributed by atoms with E-state index in [0.717, 1.165) is 54.4 Å². The molecule has 0 saturated heterocycles. The topological polar surface area (TPSA) is 91.2 Å². The first-order valence-electron chi connectivity index (χ1n) is 21.2. The van der Waals surface area contributed by atoms with Gasteiger partial charge >= 0.3 is 11.9 Å². The Morgan fingerprint density at radius 2 is 1.56 bits per heavy atom. The van der Waals surface area contributed by atoms with E-state index in [1.54, 1.807) is 0 Å². The number of hydrogen-bond donors (Lipinski definition) is 1. The zero-order valence-electron chi connectivity index (χ0n) is 34.3. The summed E-state index contributed by atoms with van der Waals surface area (Å²) in [5.74, 6) is 0.330. The average molecular weight is 790 g/mol. The lowest BCUT2D eigenvalue weighted by Gasteiger charge is -2.34. The Labute approximate surface area is 347 Å². The van der Waals surface area contributed by atoms with Crippen LogP contribution in [-0.4, -0.2) is 42.0 Å². The summed E-state index contributed by atoms with van der Waals surface area (Å²) in [5, 5.41) is 7.26. The summed E-state index contributed by atoms with van der Waals surface area (Å²) in [5.41, 5.74) is 11.9. The lowest BCUT2D eigenvalue weighted by molar-refractivity contribution is -0.137. The Morgan fingerprint density at radius 1 is 0.814 bits per heavy atom. The summed E-state index contributed by atoms with van der Waals surface area (Å²) in [6.07, 6.45) is 10.7. The second-order valence-electron chi connectivity index (χ2n) is 15.4. The molecule has 0 amide bonds. The summed E-state index contributed by atoms with van der Waals surface area (Å²) in [6, 6.07) is 39.5. The van der Waals surface area contributed by atoms with E-state index in [0.29, 0.717) is 25.0 Å². The molecule has 8 nitrogen and oxygen atoms in total. The number of para-hydroxylation sites is 1. The van der Waals surface area contributed by atoms with Gasteiger partial charge in [-0.25, -0.2) is 9.59 Å². The van der Waals surface area contributed by atoms with E-state index < -0.39 is 5.97 Å². The van der Waals surface area contributed by atoms with Crippen LogP contribution < -0.4 is 10.2 Å². The third kappa shape index (κ3) is 10.3. The van der Waals surface area contributed by atoms with E-state index in [9.17, 15) is 9.59 Å². The highest BCUT2D eigenvalue weighted by Crippen LogP contribution is 2.39. The first-order valence-corrected chi connectivity index (χ1v) is 21.2. The van der Waals surface area contributed by atoms with Crippen molar-refractivity contribution in [3.05, 3.63) is 145 Å². The van der Waals surface area contributed by atoms with Gasteiger partial charge in [0.1, 0.15) is 11.9 Å². The third-order valence-corrected chi connectivity index (χ3v) is 11.4. The zero-order valence-corrected chi connectivity index (χ0v) is 34.3. The van der Waals surface area contributed by atoms with Crippen molar-refractivity contribution in [2.75, 3.05) is 18.6 Å². The Kier molecular flexibility index (Phi) is 13.9. The minimum Gasteiger partial charge on any atom is -0.493 e. The molecule has 3 atom stereocenters. The SMILES string of the molecule is C=CC(=O)OCCCOc1ccc(-c2ccc(C(=O)OC3CCC(c4ccc(CCCCC)cc4)C(/C=N/Nc4ccc5c(c4)c4ccccc4n5CC)C3)cc2)cc1. The van der Waals surface area contributed by atoms with E-state index in [2.05, 4.69) is 97.1 Å². The molecule has 0 aliphatic heterocycles. The molecule has 304 valence electrons. The second-order valence-corrected chi connectivity index (χ2v) is 15.4. The number of ether oxygens (including phenoxy) is 3. The van der Waals surface area contributed by atoms with Crippen molar-refractivity contribution in [2.24, 2.45) is 11.0 Å².